The molecule has 0 aliphatic carbocycles. The Labute approximate surface area is 103 Å². The van der Waals surface area contributed by atoms with Crippen molar-refractivity contribution < 1.29 is 0 Å². The number of alkyl halides is 1. The first kappa shape index (κ1) is 11.5. The van der Waals surface area contributed by atoms with Gasteiger partial charge in [0.25, 0.3) is 0 Å². The van der Waals surface area contributed by atoms with Crippen LogP contribution in [0.15, 0.2) is 12.3 Å². The van der Waals surface area contributed by atoms with Crippen LogP contribution in [0.3, 0.4) is 0 Å². The molecule has 0 amide bonds. The Morgan fingerprint density at radius 3 is 3.20 bits per heavy atom. The average molecular weight is 290 g/mol. The van der Waals surface area contributed by atoms with Gasteiger partial charge in [-0.1, -0.05) is 15.9 Å². The van der Waals surface area contributed by atoms with Gasteiger partial charge in [-0.25, -0.2) is 0 Å². The van der Waals surface area contributed by atoms with Gasteiger partial charge in [-0.05, 0) is 6.07 Å². The summed E-state index contributed by atoms with van der Waals surface area (Å²) in [5, 5.41) is 5.49. The van der Waals surface area contributed by atoms with Gasteiger partial charge >= 0.3 is 0 Å². The third kappa shape index (κ3) is 2.98. The van der Waals surface area contributed by atoms with Gasteiger partial charge in [0.15, 0.2) is 0 Å². The first-order chi connectivity index (χ1) is 7.29. The van der Waals surface area contributed by atoms with Crippen molar-refractivity contribution in [3.63, 3.8) is 0 Å². The van der Waals surface area contributed by atoms with E-state index in [2.05, 4.69) is 32.0 Å². The van der Waals surface area contributed by atoms with Gasteiger partial charge in [0, 0.05) is 49.2 Å². The van der Waals surface area contributed by atoms with Gasteiger partial charge in [-0.15, -0.1) is 0 Å². The number of nitrogens with zero attached hydrogens (tertiary/aromatic N) is 3. The second kappa shape index (κ2) is 5.37. The lowest BCUT2D eigenvalue weighted by Gasteiger charge is -2.33. The Hall–Kier alpha value is -0.000000000000000167. The van der Waals surface area contributed by atoms with E-state index in [0.717, 1.165) is 11.9 Å². The highest BCUT2D eigenvalue weighted by Gasteiger charge is 2.22. The van der Waals surface area contributed by atoms with Gasteiger partial charge in [0.2, 0.25) is 0 Å². The molecule has 1 aromatic rings. The highest BCUT2D eigenvalue weighted by atomic mass is 79.9. The van der Waals surface area contributed by atoms with E-state index >= 15 is 0 Å². The van der Waals surface area contributed by atoms with Crippen molar-refractivity contribution in [2.24, 2.45) is 7.05 Å². The summed E-state index contributed by atoms with van der Waals surface area (Å²) in [4.78, 5) is 2.52. The second-order valence-electron chi connectivity index (χ2n) is 3.83. The molecule has 0 bridgehead atoms. The van der Waals surface area contributed by atoms with Gasteiger partial charge in [-0.2, -0.15) is 16.9 Å². The number of rotatable bonds is 3. The van der Waals surface area contributed by atoms with Gasteiger partial charge in [0.05, 0.1) is 5.69 Å². The van der Waals surface area contributed by atoms with Crippen LogP contribution in [-0.4, -0.2) is 44.1 Å². The Morgan fingerprint density at radius 1 is 1.67 bits per heavy atom. The van der Waals surface area contributed by atoms with E-state index in [4.69, 9.17) is 0 Å². The topological polar surface area (TPSA) is 21.1 Å². The van der Waals surface area contributed by atoms with E-state index in [1.165, 1.54) is 23.7 Å². The first-order valence-electron chi connectivity index (χ1n) is 5.16. The standard InChI is InChI=1S/C10H16BrN3S/c1-13-3-2-9(12-13)7-14-4-5-15-8-10(14)6-11/h2-3,10H,4-8H2,1H3. The van der Waals surface area contributed by atoms with Crippen molar-refractivity contribution in [3.8, 4) is 0 Å². The molecule has 2 rings (SSSR count). The Kier molecular flexibility index (Phi) is 4.11. The molecule has 1 aliphatic heterocycles. The van der Waals surface area contributed by atoms with Crippen molar-refractivity contribution in [2.75, 3.05) is 23.4 Å². The second-order valence-corrected chi connectivity index (χ2v) is 5.63. The maximum absolute atomic E-state index is 4.43. The number of thioether (sulfide) groups is 1. The Balaban J connectivity index is 1.97. The van der Waals surface area contributed by atoms with Crippen LogP contribution in [0.25, 0.3) is 0 Å². The van der Waals surface area contributed by atoms with Crippen LogP contribution in [-0.2, 0) is 13.6 Å². The number of hydrogen-bond donors (Lipinski definition) is 0. The van der Waals surface area contributed by atoms with E-state index in [0.29, 0.717) is 6.04 Å². The number of aromatic nitrogens is 2. The zero-order valence-corrected chi connectivity index (χ0v) is 11.3. The molecule has 2 heterocycles. The SMILES string of the molecule is Cn1ccc(CN2CCSCC2CBr)n1. The maximum Gasteiger partial charge on any atom is 0.0764 e. The van der Waals surface area contributed by atoms with Crippen molar-refractivity contribution in [3.05, 3.63) is 18.0 Å². The molecular weight excluding hydrogens is 274 g/mol. The predicted octanol–water partition coefficient (Wildman–Crippen LogP) is 1.73. The molecule has 1 fully saturated rings. The van der Waals surface area contributed by atoms with E-state index in [-0.39, 0.29) is 0 Å². The molecule has 1 aromatic heterocycles. The van der Waals surface area contributed by atoms with Crippen molar-refractivity contribution >= 4 is 27.7 Å². The smallest absolute Gasteiger partial charge is 0.0764 e. The average Bonchev–Trinajstić information content (AvgIpc) is 2.65. The van der Waals surface area contributed by atoms with Crippen LogP contribution >= 0.6 is 27.7 Å². The maximum atomic E-state index is 4.43. The fourth-order valence-electron chi connectivity index (χ4n) is 1.80. The molecule has 1 aliphatic rings. The molecule has 0 saturated carbocycles. The van der Waals surface area contributed by atoms with Crippen LogP contribution in [0.1, 0.15) is 5.69 Å². The van der Waals surface area contributed by atoms with Gasteiger partial charge in [0.1, 0.15) is 0 Å². The highest BCUT2D eigenvalue weighted by molar-refractivity contribution is 9.09. The lowest BCUT2D eigenvalue weighted by Crippen LogP contribution is -2.42. The molecule has 1 unspecified atom stereocenters. The zero-order chi connectivity index (χ0) is 10.7. The molecule has 0 N–H and O–H groups in total. The first-order valence-corrected chi connectivity index (χ1v) is 7.43. The summed E-state index contributed by atoms with van der Waals surface area (Å²) in [7, 11) is 1.97. The van der Waals surface area contributed by atoms with Gasteiger partial charge < -0.3 is 0 Å². The molecule has 84 valence electrons. The zero-order valence-electron chi connectivity index (χ0n) is 8.90. The van der Waals surface area contributed by atoms with Crippen molar-refractivity contribution in [1.82, 2.24) is 14.7 Å². The molecule has 1 saturated heterocycles. The lowest BCUT2D eigenvalue weighted by atomic mass is 10.3. The summed E-state index contributed by atoms with van der Waals surface area (Å²) in [6.07, 6.45) is 2.01. The normalized spacial score (nSPS) is 23.2. The van der Waals surface area contributed by atoms with Crippen LogP contribution < -0.4 is 0 Å². The van der Waals surface area contributed by atoms with E-state index in [9.17, 15) is 0 Å². The largest absolute Gasteiger partial charge is 0.292 e. The third-order valence-electron chi connectivity index (χ3n) is 2.66. The number of aryl methyl sites for hydroxylation is 1. The molecule has 3 nitrogen and oxygen atoms in total. The molecule has 1 atom stereocenters. The minimum atomic E-state index is 0.658. The van der Waals surface area contributed by atoms with Crippen molar-refractivity contribution in [2.45, 2.75) is 12.6 Å². The van der Waals surface area contributed by atoms with E-state index in [1.54, 1.807) is 0 Å². The number of halogens is 1. The Morgan fingerprint density at radius 2 is 2.53 bits per heavy atom. The van der Waals surface area contributed by atoms with Gasteiger partial charge in [-0.3, -0.25) is 9.58 Å². The summed E-state index contributed by atoms with van der Waals surface area (Å²) in [5.74, 6) is 2.48. The van der Waals surface area contributed by atoms with E-state index in [1.807, 2.05) is 29.7 Å². The summed E-state index contributed by atoms with van der Waals surface area (Å²) >= 11 is 5.64. The fraction of sp³-hybridized carbons (Fsp3) is 0.700. The molecule has 0 spiro atoms. The monoisotopic (exact) mass is 289 g/mol. The molecule has 15 heavy (non-hydrogen) atoms. The molecule has 0 radical (unpaired) electrons. The quantitative estimate of drug-likeness (QED) is 0.791. The lowest BCUT2D eigenvalue weighted by molar-refractivity contribution is 0.225. The summed E-state index contributed by atoms with van der Waals surface area (Å²) in [5.41, 5.74) is 1.18. The van der Waals surface area contributed by atoms with Crippen LogP contribution in [0.4, 0.5) is 0 Å². The predicted molar refractivity (Wildman–Crippen MR) is 68.5 cm³/mol. The van der Waals surface area contributed by atoms with Crippen LogP contribution in [0.2, 0.25) is 0 Å². The van der Waals surface area contributed by atoms with Crippen molar-refractivity contribution in [1.29, 1.82) is 0 Å². The summed E-state index contributed by atoms with van der Waals surface area (Å²) < 4.78 is 1.87. The fourth-order valence-corrected chi connectivity index (χ4v) is 3.87. The minimum absolute atomic E-state index is 0.658. The highest BCUT2D eigenvalue weighted by Crippen LogP contribution is 2.19. The van der Waals surface area contributed by atoms with Crippen LogP contribution in [0, 0.1) is 0 Å². The molecule has 0 aromatic carbocycles. The Bertz CT molecular complexity index is 315. The summed E-state index contributed by atoms with van der Waals surface area (Å²) in [6, 6.07) is 2.76. The van der Waals surface area contributed by atoms with E-state index < -0.39 is 0 Å². The molecule has 5 heteroatoms. The third-order valence-corrected chi connectivity index (χ3v) is 4.50. The minimum Gasteiger partial charge on any atom is -0.292 e. The van der Waals surface area contributed by atoms with Crippen LogP contribution in [0.5, 0.6) is 0 Å². The molecular formula is C10H16BrN3S. The number of hydrogen-bond acceptors (Lipinski definition) is 3. The summed E-state index contributed by atoms with van der Waals surface area (Å²) in [6.45, 7) is 2.16.